The monoisotopic (exact) mass is 167 g/mol. The van der Waals surface area contributed by atoms with E-state index in [1.54, 1.807) is 0 Å². The van der Waals surface area contributed by atoms with E-state index in [4.69, 9.17) is 5.11 Å². The van der Waals surface area contributed by atoms with Crippen molar-refractivity contribution in [1.82, 2.24) is 5.32 Å². The standard InChI is InChI=1S/C9H13NO2/c1-2-9(12)10-8-4-3-7(5-8)6-11/h2-4,7-8,11H,1,5-6H2,(H,10,12)/t7-,8+/m0/s1. The van der Waals surface area contributed by atoms with Gasteiger partial charge in [0.15, 0.2) is 0 Å². The summed E-state index contributed by atoms with van der Waals surface area (Å²) in [6.07, 6.45) is 5.87. The van der Waals surface area contributed by atoms with Gasteiger partial charge in [-0.25, -0.2) is 0 Å². The van der Waals surface area contributed by atoms with Crippen LogP contribution >= 0.6 is 0 Å². The molecule has 1 amide bonds. The highest BCUT2D eigenvalue weighted by atomic mass is 16.3. The molecule has 1 aliphatic rings. The summed E-state index contributed by atoms with van der Waals surface area (Å²) in [5, 5.41) is 11.5. The maximum absolute atomic E-state index is 10.8. The Kier molecular flexibility index (Phi) is 3.05. The van der Waals surface area contributed by atoms with Crippen molar-refractivity contribution >= 4 is 5.91 Å². The van der Waals surface area contributed by atoms with Crippen molar-refractivity contribution in [3.05, 3.63) is 24.8 Å². The van der Waals surface area contributed by atoms with Crippen molar-refractivity contribution in [2.24, 2.45) is 5.92 Å². The summed E-state index contributed by atoms with van der Waals surface area (Å²) in [6.45, 7) is 3.51. The minimum absolute atomic E-state index is 0.0626. The number of carbonyl (C=O) groups is 1. The molecule has 0 aromatic heterocycles. The molecule has 66 valence electrons. The van der Waals surface area contributed by atoms with Gasteiger partial charge >= 0.3 is 0 Å². The van der Waals surface area contributed by atoms with Crippen LogP contribution in [0.1, 0.15) is 6.42 Å². The molecule has 0 radical (unpaired) electrons. The second-order valence-electron chi connectivity index (χ2n) is 2.88. The minimum atomic E-state index is -0.164. The van der Waals surface area contributed by atoms with Gasteiger partial charge in [0.05, 0.1) is 0 Å². The van der Waals surface area contributed by atoms with Gasteiger partial charge in [-0.1, -0.05) is 18.7 Å². The van der Waals surface area contributed by atoms with E-state index < -0.39 is 0 Å². The second kappa shape index (κ2) is 4.07. The van der Waals surface area contributed by atoms with Crippen molar-refractivity contribution in [3.8, 4) is 0 Å². The third-order valence-electron chi connectivity index (χ3n) is 1.92. The second-order valence-corrected chi connectivity index (χ2v) is 2.88. The Hall–Kier alpha value is -1.09. The van der Waals surface area contributed by atoms with Crippen LogP contribution in [0.2, 0.25) is 0 Å². The molecule has 3 heteroatoms. The van der Waals surface area contributed by atoms with E-state index in [0.29, 0.717) is 0 Å². The molecule has 1 aliphatic carbocycles. The van der Waals surface area contributed by atoms with E-state index in [1.807, 2.05) is 12.2 Å². The molecule has 0 saturated heterocycles. The predicted octanol–water partition coefficient (Wildman–Crippen LogP) is 0.226. The molecular formula is C9H13NO2. The van der Waals surface area contributed by atoms with Crippen molar-refractivity contribution < 1.29 is 9.90 Å². The molecule has 2 N–H and O–H groups in total. The topological polar surface area (TPSA) is 49.3 Å². The van der Waals surface area contributed by atoms with Crippen LogP contribution in [0.5, 0.6) is 0 Å². The van der Waals surface area contributed by atoms with Gasteiger partial charge in [-0.05, 0) is 12.5 Å². The van der Waals surface area contributed by atoms with Crippen LogP contribution in [0.4, 0.5) is 0 Å². The summed E-state index contributed by atoms with van der Waals surface area (Å²) in [4.78, 5) is 10.8. The fourth-order valence-electron chi connectivity index (χ4n) is 1.26. The predicted molar refractivity (Wildman–Crippen MR) is 46.5 cm³/mol. The summed E-state index contributed by atoms with van der Waals surface area (Å²) >= 11 is 0. The number of aliphatic hydroxyl groups excluding tert-OH is 1. The Labute approximate surface area is 71.8 Å². The Morgan fingerprint density at radius 2 is 2.50 bits per heavy atom. The highest BCUT2D eigenvalue weighted by Crippen LogP contribution is 2.16. The van der Waals surface area contributed by atoms with Crippen molar-refractivity contribution in [2.45, 2.75) is 12.5 Å². The average molecular weight is 167 g/mol. The van der Waals surface area contributed by atoms with Gasteiger partial charge in [-0.2, -0.15) is 0 Å². The third kappa shape index (κ3) is 2.20. The molecule has 0 aromatic rings. The molecule has 3 nitrogen and oxygen atoms in total. The Balaban J connectivity index is 2.34. The zero-order valence-electron chi connectivity index (χ0n) is 6.86. The number of hydrogen-bond acceptors (Lipinski definition) is 2. The third-order valence-corrected chi connectivity index (χ3v) is 1.92. The zero-order chi connectivity index (χ0) is 8.97. The number of carbonyl (C=O) groups excluding carboxylic acids is 1. The highest BCUT2D eigenvalue weighted by Gasteiger charge is 2.18. The lowest BCUT2D eigenvalue weighted by molar-refractivity contribution is -0.116. The normalized spacial score (nSPS) is 27.1. The lowest BCUT2D eigenvalue weighted by Crippen LogP contribution is -2.31. The summed E-state index contributed by atoms with van der Waals surface area (Å²) < 4.78 is 0. The van der Waals surface area contributed by atoms with Crippen LogP contribution in [0, 0.1) is 5.92 Å². The fourth-order valence-corrected chi connectivity index (χ4v) is 1.26. The van der Waals surface area contributed by atoms with Crippen LogP contribution in [-0.2, 0) is 4.79 Å². The lowest BCUT2D eigenvalue weighted by Gasteiger charge is -2.10. The molecule has 0 bridgehead atoms. The Morgan fingerprint density at radius 3 is 3.00 bits per heavy atom. The summed E-state index contributed by atoms with van der Waals surface area (Å²) in [5.74, 6) is 0.0309. The maximum atomic E-state index is 10.8. The zero-order valence-corrected chi connectivity index (χ0v) is 6.86. The van der Waals surface area contributed by atoms with Crippen molar-refractivity contribution in [3.63, 3.8) is 0 Å². The van der Waals surface area contributed by atoms with Gasteiger partial charge < -0.3 is 10.4 Å². The summed E-state index contributed by atoms with van der Waals surface area (Å²) in [7, 11) is 0. The maximum Gasteiger partial charge on any atom is 0.243 e. The quantitative estimate of drug-likeness (QED) is 0.467. The van der Waals surface area contributed by atoms with Crippen LogP contribution in [0.25, 0.3) is 0 Å². The van der Waals surface area contributed by atoms with Crippen molar-refractivity contribution in [2.75, 3.05) is 6.61 Å². The molecule has 0 aromatic carbocycles. The van der Waals surface area contributed by atoms with Crippen molar-refractivity contribution in [1.29, 1.82) is 0 Å². The van der Waals surface area contributed by atoms with Gasteiger partial charge in [0.1, 0.15) is 0 Å². The van der Waals surface area contributed by atoms with E-state index >= 15 is 0 Å². The van der Waals surface area contributed by atoms with E-state index in [-0.39, 0.29) is 24.5 Å². The minimum Gasteiger partial charge on any atom is -0.396 e. The van der Waals surface area contributed by atoms with E-state index in [0.717, 1.165) is 6.42 Å². The molecular weight excluding hydrogens is 154 g/mol. The van der Waals surface area contributed by atoms with Gasteiger partial charge in [0.25, 0.3) is 0 Å². The SMILES string of the molecule is C=CC(=O)N[C@@H]1C=C[C@H](CO)C1. The van der Waals surface area contributed by atoms with Crippen LogP contribution in [0.3, 0.4) is 0 Å². The Morgan fingerprint density at radius 1 is 1.75 bits per heavy atom. The Bertz CT molecular complexity index is 211. The molecule has 12 heavy (non-hydrogen) atoms. The molecule has 0 fully saturated rings. The molecule has 0 unspecified atom stereocenters. The first kappa shape index (κ1) is 9.00. The number of aliphatic hydroxyl groups is 1. The van der Waals surface area contributed by atoms with Gasteiger partial charge in [-0.3, -0.25) is 4.79 Å². The van der Waals surface area contributed by atoms with E-state index in [9.17, 15) is 4.79 Å². The molecule has 2 atom stereocenters. The largest absolute Gasteiger partial charge is 0.396 e. The number of hydrogen-bond donors (Lipinski definition) is 2. The summed E-state index contributed by atoms with van der Waals surface area (Å²) in [5.41, 5.74) is 0. The number of amides is 1. The number of nitrogens with one attached hydrogen (secondary N) is 1. The van der Waals surface area contributed by atoms with Gasteiger partial charge in [0, 0.05) is 18.6 Å². The number of rotatable bonds is 3. The molecule has 0 aliphatic heterocycles. The molecule has 0 spiro atoms. The van der Waals surface area contributed by atoms with Gasteiger partial charge in [-0.15, -0.1) is 0 Å². The fraction of sp³-hybridized carbons (Fsp3) is 0.444. The average Bonchev–Trinajstić information content (AvgIpc) is 2.52. The van der Waals surface area contributed by atoms with Gasteiger partial charge in [0.2, 0.25) is 5.91 Å². The smallest absolute Gasteiger partial charge is 0.243 e. The van der Waals surface area contributed by atoms with Crippen LogP contribution in [0.15, 0.2) is 24.8 Å². The lowest BCUT2D eigenvalue weighted by atomic mass is 10.1. The van der Waals surface area contributed by atoms with E-state index in [2.05, 4.69) is 11.9 Å². The first-order valence-corrected chi connectivity index (χ1v) is 3.98. The van der Waals surface area contributed by atoms with E-state index in [1.165, 1.54) is 6.08 Å². The molecule has 1 rings (SSSR count). The first-order valence-electron chi connectivity index (χ1n) is 3.98. The molecule has 0 saturated carbocycles. The first-order chi connectivity index (χ1) is 5.76. The van der Waals surface area contributed by atoms with Crippen LogP contribution in [-0.4, -0.2) is 23.7 Å². The molecule has 0 heterocycles. The summed E-state index contributed by atoms with van der Waals surface area (Å²) in [6, 6.07) is 0.0626. The highest BCUT2D eigenvalue weighted by molar-refractivity contribution is 5.87. The van der Waals surface area contributed by atoms with Crippen LogP contribution < -0.4 is 5.32 Å².